The predicted molar refractivity (Wildman–Crippen MR) is 66.8 cm³/mol. The maximum Gasteiger partial charge on any atom is 0.0468 e. The maximum atomic E-state index is 6.35. The Morgan fingerprint density at radius 1 is 1.12 bits per heavy atom. The van der Waals surface area contributed by atoms with E-state index in [0.29, 0.717) is 5.41 Å². The zero-order valence-electron chi connectivity index (χ0n) is 10.1. The SMILES string of the molecule is ClCC1(CC2CCOCC2)CC2CCC1C2. The number of alkyl halides is 1. The molecule has 3 fully saturated rings. The Morgan fingerprint density at radius 3 is 2.50 bits per heavy atom. The Morgan fingerprint density at radius 2 is 1.94 bits per heavy atom. The molecule has 3 aliphatic rings. The average molecular weight is 243 g/mol. The van der Waals surface area contributed by atoms with E-state index in [1.165, 1.54) is 44.9 Å². The first-order chi connectivity index (χ1) is 7.82. The molecule has 1 saturated heterocycles. The largest absolute Gasteiger partial charge is 0.381 e. The molecule has 0 aromatic carbocycles. The van der Waals surface area contributed by atoms with Crippen molar-refractivity contribution in [2.45, 2.75) is 44.9 Å². The molecule has 2 saturated carbocycles. The van der Waals surface area contributed by atoms with Crippen molar-refractivity contribution in [3.8, 4) is 0 Å². The van der Waals surface area contributed by atoms with Crippen molar-refractivity contribution in [1.82, 2.24) is 0 Å². The molecule has 1 aliphatic heterocycles. The highest BCUT2D eigenvalue weighted by atomic mass is 35.5. The van der Waals surface area contributed by atoms with Gasteiger partial charge in [-0.05, 0) is 61.7 Å². The van der Waals surface area contributed by atoms with Gasteiger partial charge in [-0.25, -0.2) is 0 Å². The second-order valence-corrected chi connectivity index (χ2v) is 6.60. The van der Waals surface area contributed by atoms with Crippen LogP contribution in [0.5, 0.6) is 0 Å². The number of halogens is 1. The summed E-state index contributed by atoms with van der Waals surface area (Å²) >= 11 is 6.35. The maximum absolute atomic E-state index is 6.35. The molecular formula is C14H23ClO. The smallest absolute Gasteiger partial charge is 0.0468 e. The van der Waals surface area contributed by atoms with Crippen LogP contribution in [-0.2, 0) is 4.74 Å². The average Bonchev–Trinajstić information content (AvgIpc) is 2.91. The van der Waals surface area contributed by atoms with E-state index in [1.54, 1.807) is 0 Å². The molecule has 0 N–H and O–H groups in total. The molecule has 0 spiro atoms. The number of ether oxygens (including phenoxy) is 1. The van der Waals surface area contributed by atoms with Crippen molar-refractivity contribution >= 4 is 11.6 Å². The van der Waals surface area contributed by atoms with Gasteiger partial charge in [-0.2, -0.15) is 0 Å². The topological polar surface area (TPSA) is 9.23 Å². The van der Waals surface area contributed by atoms with Gasteiger partial charge in [-0.15, -0.1) is 11.6 Å². The van der Waals surface area contributed by atoms with Gasteiger partial charge in [0.2, 0.25) is 0 Å². The molecule has 0 aromatic rings. The van der Waals surface area contributed by atoms with E-state index in [1.807, 2.05) is 0 Å². The lowest BCUT2D eigenvalue weighted by molar-refractivity contribution is 0.0386. The minimum atomic E-state index is 0.520. The number of hydrogen-bond acceptors (Lipinski definition) is 1. The standard InChI is InChI=1S/C14H23ClO/c15-10-14(8-11-3-5-16-6-4-11)9-12-1-2-13(14)7-12/h11-13H,1-10H2. The minimum Gasteiger partial charge on any atom is -0.381 e. The van der Waals surface area contributed by atoms with Crippen molar-refractivity contribution in [1.29, 1.82) is 0 Å². The van der Waals surface area contributed by atoms with Gasteiger partial charge in [-0.1, -0.05) is 6.42 Å². The lowest BCUT2D eigenvalue weighted by Crippen LogP contribution is -2.33. The predicted octanol–water partition coefficient (Wildman–Crippen LogP) is 3.85. The van der Waals surface area contributed by atoms with Gasteiger partial charge in [-0.3, -0.25) is 0 Å². The molecule has 0 radical (unpaired) electrons. The van der Waals surface area contributed by atoms with E-state index in [-0.39, 0.29) is 0 Å². The van der Waals surface area contributed by atoms with Gasteiger partial charge in [0, 0.05) is 19.1 Å². The van der Waals surface area contributed by atoms with Gasteiger partial charge in [0.25, 0.3) is 0 Å². The van der Waals surface area contributed by atoms with Crippen LogP contribution in [0, 0.1) is 23.2 Å². The third kappa shape index (κ3) is 1.90. The fourth-order valence-corrected chi connectivity index (χ4v) is 4.99. The second-order valence-electron chi connectivity index (χ2n) is 6.34. The summed E-state index contributed by atoms with van der Waals surface area (Å²) in [5.41, 5.74) is 0.520. The molecule has 3 unspecified atom stereocenters. The van der Waals surface area contributed by atoms with Crippen LogP contribution in [0.2, 0.25) is 0 Å². The van der Waals surface area contributed by atoms with Gasteiger partial charge in [0.15, 0.2) is 0 Å². The van der Waals surface area contributed by atoms with Gasteiger partial charge in [0.1, 0.15) is 0 Å². The molecule has 1 nitrogen and oxygen atoms in total. The Balaban J connectivity index is 1.66. The fraction of sp³-hybridized carbons (Fsp3) is 1.00. The van der Waals surface area contributed by atoms with Crippen molar-refractivity contribution in [2.24, 2.45) is 23.2 Å². The molecule has 3 atom stereocenters. The van der Waals surface area contributed by atoms with Gasteiger partial charge in [0.05, 0.1) is 0 Å². The summed E-state index contributed by atoms with van der Waals surface area (Å²) in [4.78, 5) is 0. The summed E-state index contributed by atoms with van der Waals surface area (Å²) < 4.78 is 5.46. The molecule has 2 bridgehead atoms. The molecule has 1 heterocycles. The van der Waals surface area contributed by atoms with Crippen LogP contribution < -0.4 is 0 Å². The van der Waals surface area contributed by atoms with Crippen molar-refractivity contribution < 1.29 is 4.74 Å². The summed E-state index contributed by atoms with van der Waals surface area (Å²) in [6, 6.07) is 0. The van der Waals surface area contributed by atoms with Crippen LogP contribution in [-0.4, -0.2) is 19.1 Å². The lowest BCUT2D eigenvalue weighted by Gasteiger charge is -2.40. The first-order valence-corrected chi connectivity index (χ1v) is 7.49. The van der Waals surface area contributed by atoms with E-state index in [0.717, 1.165) is 36.8 Å². The molecule has 0 amide bonds. The van der Waals surface area contributed by atoms with E-state index in [9.17, 15) is 0 Å². The quantitative estimate of drug-likeness (QED) is 0.684. The third-order valence-corrected chi connectivity index (χ3v) is 5.94. The number of fused-ring (bicyclic) bond motifs is 2. The van der Waals surface area contributed by atoms with Crippen LogP contribution in [0.25, 0.3) is 0 Å². The molecule has 2 heteroatoms. The van der Waals surface area contributed by atoms with Crippen molar-refractivity contribution in [3.63, 3.8) is 0 Å². The van der Waals surface area contributed by atoms with Crippen molar-refractivity contribution in [2.75, 3.05) is 19.1 Å². The fourth-order valence-electron chi connectivity index (χ4n) is 4.55. The highest BCUT2D eigenvalue weighted by Gasteiger charge is 2.50. The lowest BCUT2D eigenvalue weighted by atomic mass is 9.68. The Kier molecular flexibility index (Phi) is 3.19. The van der Waals surface area contributed by atoms with Crippen LogP contribution in [0.4, 0.5) is 0 Å². The Hall–Kier alpha value is 0.250. The highest BCUT2D eigenvalue weighted by Crippen LogP contribution is 2.59. The van der Waals surface area contributed by atoms with E-state index < -0.39 is 0 Å². The van der Waals surface area contributed by atoms with E-state index >= 15 is 0 Å². The second kappa shape index (κ2) is 4.49. The first-order valence-electron chi connectivity index (χ1n) is 6.96. The first kappa shape index (κ1) is 11.3. The zero-order valence-corrected chi connectivity index (χ0v) is 10.8. The van der Waals surface area contributed by atoms with Gasteiger partial charge < -0.3 is 4.74 Å². The Bertz CT molecular complexity index is 249. The monoisotopic (exact) mass is 242 g/mol. The molecular weight excluding hydrogens is 220 g/mol. The number of rotatable bonds is 3. The van der Waals surface area contributed by atoms with E-state index in [2.05, 4.69) is 0 Å². The molecule has 0 aromatic heterocycles. The zero-order chi connectivity index (χ0) is 11.0. The van der Waals surface area contributed by atoms with Crippen LogP contribution >= 0.6 is 11.6 Å². The molecule has 92 valence electrons. The summed E-state index contributed by atoms with van der Waals surface area (Å²) in [7, 11) is 0. The summed E-state index contributed by atoms with van der Waals surface area (Å²) in [5.74, 6) is 3.78. The van der Waals surface area contributed by atoms with Crippen molar-refractivity contribution in [3.05, 3.63) is 0 Å². The minimum absolute atomic E-state index is 0.520. The van der Waals surface area contributed by atoms with E-state index in [4.69, 9.17) is 16.3 Å². The molecule has 3 rings (SSSR count). The van der Waals surface area contributed by atoms with Crippen LogP contribution in [0.3, 0.4) is 0 Å². The molecule has 2 aliphatic carbocycles. The Labute approximate surface area is 104 Å². The van der Waals surface area contributed by atoms with Gasteiger partial charge >= 0.3 is 0 Å². The normalized spacial score (nSPS) is 44.1. The number of hydrogen-bond donors (Lipinski definition) is 0. The third-order valence-electron chi connectivity index (χ3n) is 5.40. The summed E-state index contributed by atoms with van der Waals surface area (Å²) in [5, 5.41) is 0. The van der Waals surface area contributed by atoms with Crippen LogP contribution in [0.15, 0.2) is 0 Å². The van der Waals surface area contributed by atoms with Crippen LogP contribution in [0.1, 0.15) is 44.9 Å². The summed E-state index contributed by atoms with van der Waals surface area (Å²) in [6.45, 7) is 1.97. The summed E-state index contributed by atoms with van der Waals surface area (Å²) in [6.07, 6.45) is 9.79. The molecule has 16 heavy (non-hydrogen) atoms. The highest BCUT2D eigenvalue weighted by molar-refractivity contribution is 6.18.